The third kappa shape index (κ3) is 0.684. The summed E-state index contributed by atoms with van der Waals surface area (Å²) in [5.41, 5.74) is 4.58. The summed E-state index contributed by atoms with van der Waals surface area (Å²) in [7, 11) is 0. The molecule has 0 atom stereocenters. The van der Waals surface area contributed by atoms with Gasteiger partial charge in [-0.1, -0.05) is 0 Å². The van der Waals surface area contributed by atoms with Gasteiger partial charge < -0.3 is 15.6 Å². The third-order valence-corrected chi connectivity index (χ3v) is 2.80. The molecule has 0 radical (unpaired) electrons. The molecule has 2 bridgehead atoms. The minimum atomic E-state index is -0.737. The minimum absolute atomic E-state index is 0.279. The summed E-state index contributed by atoms with van der Waals surface area (Å²) in [5, 5.41) is 8.80. The van der Waals surface area contributed by atoms with Gasteiger partial charge in [-0.3, -0.25) is 4.79 Å². The number of carboxylic acids is 1. The number of nitrogens with two attached hydrogens (primary N) is 1. The summed E-state index contributed by atoms with van der Waals surface area (Å²) in [5.74, 6) is -0.737. The van der Waals surface area contributed by atoms with E-state index >= 15 is 0 Å². The summed E-state index contributed by atoms with van der Waals surface area (Å²) < 4.78 is 5.32. The minimum Gasteiger partial charge on any atom is -0.481 e. The maximum atomic E-state index is 10.7. The standard InChI is InChI=1S/C7H11NO3/c8-3-7-1-6(2-7,4-11-7)5(9)10/h1-4,8H2,(H,9,10). The monoisotopic (exact) mass is 157 g/mol. The zero-order chi connectivity index (χ0) is 8.11. The van der Waals surface area contributed by atoms with E-state index in [1.165, 1.54) is 0 Å². The van der Waals surface area contributed by atoms with E-state index in [0.29, 0.717) is 26.0 Å². The van der Waals surface area contributed by atoms with Crippen LogP contribution in [0, 0.1) is 5.41 Å². The fourth-order valence-corrected chi connectivity index (χ4v) is 2.09. The molecule has 2 saturated heterocycles. The van der Waals surface area contributed by atoms with Crippen LogP contribution in [0.5, 0.6) is 0 Å². The highest BCUT2D eigenvalue weighted by molar-refractivity contribution is 5.77. The molecule has 0 unspecified atom stereocenters. The van der Waals surface area contributed by atoms with Crippen LogP contribution in [-0.4, -0.2) is 29.8 Å². The quantitative estimate of drug-likeness (QED) is 0.571. The van der Waals surface area contributed by atoms with Crippen LogP contribution in [0.15, 0.2) is 0 Å². The molecule has 2 aliphatic heterocycles. The van der Waals surface area contributed by atoms with Gasteiger partial charge in [0.15, 0.2) is 0 Å². The predicted octanol–water partition coefficient (Wildman–Crippen LogP) is -0.421. The van der Waals surface area contributed by atoms with Gasteiger partial charge in [-0.2, -0.15) is 0 Å². The van der Waals surface area contributed by atoms with Crippen LogP contribution in [0.3, 0.4) is 0 Å². The zero-order valence-electron chi connectivity index (χ0n) is 6.17. The van der Waals surface area contributed by atoms with Crippen LogP contribution in [0.1, 0.15) is 12.8 Å². The lowest BCUT2D eigenvalue weighted by Crippen LogP contribution is -2.52. The molecule has 0 aromatic heterocycles. The van der Waals surface area contributed by atoms with Crippen LogP contribution in [0.2, 0.25) is 0 Å². The summed E-state index contributed by atoms with van der Waals surface area (Å²) >= 11 is 0. The molecule has 0 aromatic carbocycles. The van der Waals surface area contributed by atoms with Crippen molar-refractivity contribution in [3.05, 3.63) is 0 Å². The van der Waals surface area contributed by atoms with Gasteiger partial charge in [-0.15, -0.1) is 0 Å². The maximum absolute atomic E-state index is 10.7. The van der Waals surface area contributed by atoms with E-state index in [4.69, 9.17) is 15.6 Å². The topological polar surface area (TPSA) is 72.6 Å². The molecule has 3 aliphatic rings. The second kappa shape index (κ2) is 1.76. The normalized spacial score (nSPS) is 47.0. The second-order valence-corrected chi connectivity index (χ2v) is 3.61. The molecule has 0 amide bonds. The van der Waals surface area contributed by atoms with Gasteiger partial charge in [0.05, 0.1) is 17.6 Å². The Morgan fingerprint density at radius 2 is 2.27 bits per heavy atom. The van der Waals surface area contributed by atoms with E-state index in [2.05, 4.69) is 0 Å². The lowest BCUT2D eigenvalue weighted by Gasteiger charge is -2.40. The van der Waals surface area contributed by atoms with Gasteiger partial charge in [-0.25, -0.2) is 0 Å². The Kier molecular flexibility index (Phi) is 1.13. The molecule has 11 heavy (non-hydrogen) atoms. The Morgan fingerprint density at radius 3 is 2.55 bits per heavy atom. The fourth-order valence-electron chi connectivity index (χ4n) is 2.09. The van der Waals surface area contributed by atoms with E-state index in [1.807, 2.05) is 0 Å². The Morgan fingerprint density at radius 1 is 1.64 bits per heavy atom. The number of hydrogen-bond acceptors (Lipinski definition) is 3. The number of hydrogen-bond donors (Lipinski definition) is 2. The van der Waals surface area contributed by atoms with Crippen molar-refractivity contribution in [1.29, 1.82) is 0 Å². The molecule has 0 aromatic rings. The first-order valence-corrected chi connectivity index (χ1v) is 3.70. The average Bonchev–Trinajstić information content (AvgIpc) is 2.39. The van der Waals surface area contributed by atoms with Gasteiger partial charge in [0.25, 0.3) is 0 Å². The number of carbonyl (C=O) groups is 1. The highest BCUT2D eigenvalue weighted by Gasteiger charge is 2.65. The molecule has 3 rings (SSSR count). The Balaban J connectivity index is 2.14. The molecule has 4 heteroatoms. The molecule has 3 fully saturated rings. The summed E-state index contributed by atoms with van der Waals surface area (Å²) in [6.45, 7) is 0.793. The number of carboxylic acid groups (broad SMARTS) is 1. The SMILES string of the molecule is NCC12CC(C(=O)O)(CO1)C2. The number of ether oxygens (including phenoxy) is 1. The largest absolute Gasteiger partial charge is 0.481 e. The summed E-state index contributed by atoms with van der Waals surface area (Å²) in [6.07, 6.45) is 1.21. The van der Waals surface area contributed by atoms with Crippen LogP contribution < -0.4 is 5.73 Å². The fraction of sp³-hybridized carbons (Fsp3) is 0.857. The summed E-state index contributed by atoms with van der Waals surface area (Å²) in [4.78, 5) is 10.7. The van der Waals surface area contributed by atoms with Crippen LogP contribution in [-0.2, 0) is 9.53 Å². The molecule has 2 heterocycles. The highest BCUT2D eigenvalue weighted by Crippen LogP contribution is 2.57. The third-order valence-electron chi connectivity index (χ3n) is 2.80. The first kappa shape index (κ1) is 7.06. The van der Waals surface area contributed by atoms with Crippen molar-refractivity contribution >= 4 is 5.97 Å². The highest BCUT2D eigenvalue weighted by atomic mass is 16.5. The molecule has 62 valence electrons. The second-order valence-electron chi connectivity index (χ2n) is 3.61. The van der Waals surface area contributed by atoms with E-state index in [1.54, 1.807) is 0 Å². The molecule has 1 saturated carbocycles. The molecular formula is C7H11NO3. The van der Waals surface area contributed by atoms with Gasteiger partial charge >= 0.3 is 5.97 Å². The van der Waals surface area contributed by atoms with Gasteiger partial charge in [0.2, 0.25) is 0 Å². The van der Waals surface area contributed by atoms with Crippen molar-refractivity contribution in [2.75, 3.05) is 13.2 Å². The molecule has 0 spiro atoms. The van der Waals surface area contributed by atoms with Crippen molar-refractivity contribution < 1.29 is 14.6 Å². The van der Waals surface area contributed by atoms with E-state index in [-0.39, 0.29) is 5.60 Å². The van der Waals surface area contributed by atoms with Crippen molar-refractivity contribution in [1.82, 2.24) is 0 Å². The Labute approximate surface area is 64.3 Å². The lowest BCUT2D eigenvalue weighted by molar-refractivity contribution is -0.153. The number of aliphatic carboxylic acids is 1. The van der Waals surface area contributed by atoms with Crippen molar-refractivity contribution in [2.45, 2.75) is 18.4 Å². The van der Waals surface area contributed by atoms with Crippen molar-refractivity contribution in [3.63, 3.8) is 0 Å². The Hall–Kier alpha value is -0.610. The summed E-state index contributed by atoms with van der Waals surface area (Å²) in [6, 6.07) is 0. The first-order chi connectivity index (χ1) is 5.13. The molecular weight excluding hydrogens is 146 g/mol. The number of rotatable bonds is 2. The van der Waals surface area contributed by atoms with Crippen molar-refractivity contribution in [3.8, 4) is 0 Å². The number of fused-ring (bicyclic) bond motifs is 1. The zero-order valence-corrected chi connectivity index (χ0v) is 6.17. The lowest BCUT2D eigenvalue weighted by atomic mass is 9.62. The van der Waals surface area contributed by atoms with E-state index < -0.39 is 11.4 Å². The van der Waals surface area contributed by atoms with Gasteiger partial charge in [-0.05, 0) is 12.8 Å². The van der Waals surface area contributed by atoms with Crippen LogP contribution in [0.4, 0.5) is 0 Å². The van der Waals surface area contributed by atoms with Gasteiger partial charge in [0.1, 0.15) is 0 Å². The van der Waals surface area contributed by atoms with Crippen molar-refractivity contribution in [2.24, 2.45) is 11.1 Å². The first-order valence-electron chi connectivity index (χ1n) is 3.70. The smallest absolute Gasteiger partial charge is 0.312 e. The average molecular weight is 157 g/mol. The molecule has 4 nitrogen and oxygen atoms in total. The van der Waals surface area contributed by atoms with Gasteiger partial charge in [0, 0.05) is 6.54 Å². The van der Waals surface area contributed by atoms with Crippen LogP contribution in [0.25, 0.3) is 0 Å². The van der Waals surface area contributed by atoms with E-state index in [0.717, 1.165) is 0 Å². The predicted molar refractivity (Wildman–Crippen MR) is 37.0 cm³/mol. The Bertz CT molecular complexity index is 208. The van der Waals surface area contributed by atoms with E-state index in [9.17, 15) is 4.79 Å². The molecule has 3 N–H and O–H groups in total. The maximum Gasteiger partial charge on any atom is 0.312 e. The molecule has 1 aliphatic carbocycles. The van der Waals surface area contributed by atoms with Crippen LogP contribution >= 0.6 is 0 Å².